The Hall–Kier alpha value is -1.46. The molecule has 0 aliphatic carbocycles. The van der Waals surface area contributed by atoms with Crippen molar-refractivity contribution in [2.24, 2.45) is 5.92 Å². The Morgan fingerprint density at radius 2 is 1.80 bits per heavy atom. The Labute approximate surface area is 119 Å². The lowest BCUT2D eigenvalue weighted by atomic mass is 9.90. The maximum Gasteiger partial charge on any atom is 0.132 e. The molecule has 1 aromatic rings. The molecule has 2 atom stereocenters. The van der Waals surface area contributed by atoms with Crippen molar-refractivity contribution in [3.8, 4) is 17.2 Å². The van der Waals surface area contributed by atoms with Crippen molar-refractivity contribution in [1.82, 2.24) is 0 Å². The molecule has 1 aliphatic heterocycles. The minimum Gasteiger partial charge on any atom is -0.496 e. The largest absolute Gasteiger partial charge is 0.496 e. The van der Waals surface area contributed by atoms with Crippen molar-refractivity contribution < 1.29 is 24.1 Å². The molecule has 1 N–H and O–H groups in total. The zero-order valence-corrected chi connectivity index (χ0v) is 12.2. The van der Waals surface area contributed by atoms with Crippen LogP contribution in [0.15, 0.2) is 12.1 Å². The van der Waals surface area contributed by atoms with Crippen LogP contribution in [0.1, 0.15) is 24.5 Å². The maximum atomic E-state index is 10.7. The molecule has 0 bridgehead atoms. The Morgan fingerprint density at radius 1 is 1.15 bits per heavy atom. The topological polar surface area (TPSA) is 57.2 Å². The molecule has 0 aromatic heterocycles. The van der Waals surface area contributed by atoms with Gasteiger partial charge in [-0.2, -0.15) is 0 Å². The van der Waals surface area contributed by atoms with Gasteiger partial charge in [-0.05, 0) is 12.8 Å². The lowest BCUT2D eigenvalue weighted by Crippen LogP contribution is -2.24. The van der Waals surface area contributed by atoms with Crippen molar-refractivity contribution in [1.29, 1.82) is 0 Å². The Balaban J connectivity index is 2.36. The highest BCUT2D eigenvalue weighted by atomic mass is 16.5. The lowest BCUT2D eigenvalue weighted by molar-refractivity contribution is -0.0115. The van der Waals surface area contributed by atoms with E-state index in [-0.39, 0.29) is 5.92 Å². The zero-order valence-electron chi connectivity index (χ0n) is 12.2. The van der Waals surface area contributed by atoms with Crippen LogP contribution in [-0.2, 0) is 4.74 Å². The molecular weight excluding hydrogens is 260 g/mol. The molecule has 0 saturated carbocycles. The smallest absolute Gasteiger partial charge is 0.132 e. The van der Waals surface area contributed by atoms with Crippen LogP contribution in [-0.4, -0.2) is 39.6 Å². The quantitative estimate of drug-likeness (QED) is 0.897. The molecule has 5 nitrogen and oxygen atoms in total. The fourth-order valence-electron chi connectivity index (χ4n) is 2.57. The van der Waals surface area contributed by atoms with Crippen molar-refractivity contribution in [2.75, 3.05) is 34.5 Å². The summed E-state index contributed by atoms with van der Waals surface area (Å²) in [6.07, 6.45) is 1.22. The first-order valence-corrected chi connectivity index (χ1v) is 6.77. The predicted molar refractivity (Wildman–Crippen MR) is 74.6 cm³/mol. The summed E-state index contributed by atoms with van der Waals surface area (Å²) in [5.41, 5.74) is 0.659. The normalized spacial score (nSPS) is 20.3. The van der Waals surface area contributed by atoms with E-state index in [1.165, 1.54) is 0 Å². The van der Waals surface area contributed by atoms with Gasteiger partial charge in [-0.25, -0.2) is 0 Å². The number of ether oxygens (including phenoxy) is 4. The summed E-state index contributed by atoms with van der Waals surface area (Å²) < 4.78 is 21.4. The Kier molecular flexibility index (Phi) is 5.09. The zero-order chi connectivity index (χ0) is 14.5. The highest BCUT2D eigenvalue weighted by molar-refractivity contribution is 5.52. The molecule has 2 rings (SSSR count). The number of methoxy groups -OCH3 is 3. The van der Waals surface area contributed by atoms with Gasteiger partial charge in [0.1, 0.15) is 17.2 Å². The van der Waals surface area contributed by atoms with Gasteiger partial charge in [-0.1, -0.05) is 0 Å². The minimum atomic E-state index is -0.675. The van der Waals surface area contributed by atoms with Gasteiger partial charge in [0.05, 0.1) is 39.6 Å². The van der Waals surface area contributed by atoms with Crippen molar-refractivity contribution in [2.45, 2.75) is 18.9 Å². The predicted octanol–water partition coefficient (Wildman–Crippen LogP) is 2.17. The summed E-state index contributed by atoms with van der Waals surface area (Å²) >= 11 is 0. The van der Waals surface area contributed by atoms with Crippen molar-refractivity contribution in [3.63, 3.8) is 0 Å². The van der Waals surface area contributed by atoms with E-state index in [9.17, 15) is 5.11 Å². The first-order chi connectivity index (χ1) is 9.71. The molecule has 1 saturated heterocycles. The SMILES string of the molecule is COc1cc(OC)c(C(O)C2CCCOC2)c(OC)c1. The molecule has 1 aliphatic rings. The molecule has 112 valence electrons. The number of aliphatic hydroxyl groups excluding tert-OH is 1. The maximum absolute atomic E-state index is 10.7. The molecule has 1 aromatic carbocycles. The van der Waals surface area contributed by atoms with E-state index < -0.39 is 6.10 Å². The molecule has 2 unspecified atom stereocenters. The molecule has 0 spiro atoms. The number of hydrogen-bond acceptors (Lipinski definition) is 5. The molecular formula is C15H22O5. The van der Waals surface area contributed by atoms with Gasteiger partial charge in [-0.15, -0.1) is 0 Å². The van der Waals surface area contributed by atoms with Gasteiger partial charge < -0.3 is 24.1 Å². The number of rotatable bonds is 5. The highest BCUT2D eigenvalue weighted by Crippen LogP contribution is 2.42. The van der Waals surface area contributed by atoms with Gasteiger partial charge in [0.25, 0.3) is 0 Å². The van der Waals surface area contributed by atoms with E-state index in [1.807, 2.05) is 0 Å². The van der Waals surface area contributed by atoms with Crippen molar-refractivity contribution >= 4 is 0 Å². The van der Waals surface area contributed by atoms with Gasteiger partial charge in [-0.3, -0.25) is 0 Å². The number of benzene rings is 1. The molecule has 5 heteroatoms. The van der Waals surface area contributed by atoms with E-state index in [4.69, 9.17) is 18.9 Å². The number of hydrogen-bond donors (Lipinski definition) is 1. The molecule has 1 heterocycles. The Bertz CT molecular complexity index is 415. The molecule has 0 amide bonds. The Morgan fingerprint density at radius 3 is 2.25 bits per heavy atom. The van der Waals surface area contributed by atoms with Gasteiger partial charge in [0.15, 0.2) is 0 Å². The van der Waals surface area contributed by atoms with Crippen molar-refractivity contribution in [3.05, 3.63) is 17.7 Å². The number of aliphatic hydroxyl groups is 1. The second-order valence-electron chi connectivity index (χ2n) is 4.87. The van der Waals surface area contributed by atoms with E-state index in [0.717, 1.165) is 19.4 Å². The van der Waals surface area contributed by atoms with Crippen LogP contribution < -0.4 is 14.2 Å². The minimum absolute atomic E-state index is 0.0555. The lowest BCUT2D eigenvalue weighted by Gasteiger charge is -2.29. The second-order valence-corrected chi connectivity index (χ2v) is 4.87. The van der Waals surface area contributed by atoms with Gasteiger partial charge >= 0.3 is 0 Å². The van der Waals surface area contributed by atoms with Crippen LogP contribution in [0, 0.1) is 5.92 Å². The van der Waals surface area contributed by atoms with Crippen LogP contribution in [0.2, 0.25) is 0 Å². The van der Waals surface area contributed by atoms with Gasteiger partial charge in [0, 0.05) is 24.7 Å². The fraction of sp³-hybridized carbons (Fsp3) is 0.600. The monoisotopic (exact) mass is 282 g/mol. The van der Waals surface area contributed by atoms with E-state index in [1.54, 1.807) is 33.5 Å². The molecule has 0 radical (unpaired) electrons. The van der Waals surface area contributed by atoms with Crippen LogP contribution in [0.4, 0.5) is 0 Å². The summed E-state index contributed by atoms with van der Waals surface area (Å²) in [5, 5.41) is 10.7. The van der Waals surface area contributed by atoms with E-state index in [0.29, 0.717) is 29.4 Å². The standard InChI is InChI=1S/C15H22O5/c1-17-11-7-12(18-2)14(13(8-11)19-3)15(16)10-5-4-6-20-9-10/h7-8,10,15-16H,4-6,9H2,1-3H3. The third kappa shape index (κ3) is 2.99. The van der Waals surface area contributed by atoms with E-state index in [2.05, 4.69) is 0 Å². The molecule has 1 fully saturated rings. The summed E-state index contributed by atoms with van der Waals surface area (Å²) in [4.78, 5) is 0. The molecule has 20 heavy (non-hydrogen) atoms. The van der Waals surface area contributed by atoms with Crippen LogP contribution in [0.25, 0.3) is 0 Å². The third-order valence-electron chi connectivity index (χ3n) is 3.69. The van der Waals surface area contributed by atoms with E-state index >= 15 is 0 Å². The highest BCUT2D eigenvalue weighted by Gasteiger charge is 2.29. The van der Waals surface area contributed by atoms with Gasteiger partial charge in [0.2, 0.25) is 0 Å². The third-order valence-corrected chi connectivity index (χ3v) is 3.69. The summed E-state index contributed by atoms with van der Waals surface area (Å²) in [6, 6.07) is 3.51. The average molecular weight is 282 g/mol. The summed E-state index contributed by atoms with van der Waals surface area (Å²) in [5.74, 6) is 1.83. The second kappa shape index (κ2) is 6.81. The van der Waals surface area contributed by atoms with Crippen LogP contribution in [0.5, 0.6) is 17.2 Å². The fourth-order valence-corrected chi connectivity index (χ4v) is 2.57. The summed E-state index contributed by atoms with van der Waals surface area (Å²) in [7, 11) is 4.73. The van der Waals surface area contributed by atoms with Crippen LogP contribution in [0.3, 0.4) is 0 Å². The average Bonchev–Trinajstić information content (AvgIpc) is 2.53. The summed E-state index contributed by atoms with van der Waals surface area (Å²) in [6.45, 7) is 1.32. The first kappa shape index (κ1) is 14.9. The van der Waals surface area contributed by atoms with Crippen LogP contribution >= 0.6 is 0 Å². The first-order valence-electron chi connectivity index (χ1n) is 6.77.